The third-order valence-corrected chi connectivity index (χ3v) is 4.55. The average molecular weight is 331 g/mol. The topological polar surface area (TPSA) is 21.3 Å². The van der Waals surface area contributed by atoms with Gasteiger partial charge in [0.1, 0.15) is 0 Å². The van der Waals surface area contributed by atoms with Crippen molar-refractivity contribution in [3.8, 4) is 0 Å². The van der Waals surface area contributed by atoms with Gasteiger partial charge in [0.05, 0.1) is 6.10 Å². The van der Waals surface area contributed by atoms with Gasteiger partial charge in [-0.3, -0.25) is 0 Å². The molecule has 98 valence electrons. The Kier molecular flexibility index (Phi) is 3.94. The lowest BCUT2D eigenvalue weighted by Gasteiger charge is -2.20. The van der Waals surface area contributed by atoms with Crippen LogP contribution < -0.4 is 5.32 Å². The van der Waals surface area contributed by atoms with E-state index < -0.39 is 0 Å². The van der Waals surface area contributed by atoms with Crippen molar-refractivity contribution in [3.63, 3.8) is 0 Å². The maximum absolute atomic E-state index is 6.32. The summed E-state index contributed by atoms with van der Waals surface area (Å²) in [6, 6.07) is 6.82. The maximum atomic E-state index is 6.32. The summed E-state index contributed by atoms with van der Waals surface area (Å²) in [5.74, 6) is 0.546. The van der Waals surface area contributed by atoms with Gasteiger partial charge in [-0.05, 0) is 37.0 Å². The van der Waals surface area contributed by atoms with E-state index in [4.69, 9.17) is 16.3 Å². The molecule has 1 heterocycles. The first-order valence-electron chi connectivity index (χ1n) is 6.54. The van der Waals surface area contributed by atoms with Crippen LogP contribution in [0.5, 0.6) is 0 Å². The highest BCUT2D eigenvalue weighted by Gasteiger charge is 2.32. The SMILES string of the molecule is Clc1cc(Br)ccc1C1OCCC1CNC1CC1. The van der Waals surface area contributed by atoms with Crippen LogP contribution in [0.4, 0.5) is 0 Å². The van der Waals surface area contributed by atoms with Crippen molar-refractivity contribution in [2.45, 2.75) is 31.4 Å². The summed E-state index contributed by atoms with van der Waals surface area (Å²) in [7, 11) is 0. The summed E-state index contributed by atoms with van der Waals surface area (Å²) in [4.78, 5) is 0. The molecule has 0 radical (unpaired) electrons. The lowest BCUT2D eigenvalue weighted by atomic mass is 9.95. The summed E-state index contributed by atoms with van der Waals surface area (Å²) < 4.78 is 6.90. The second kappa shape index (κ2) is 5.49. The van der Waals surface area contributed by atoms with Crippen molar-refractivity contribution in [1.29, 1.82) is 0 Å². The molecule has 2 atom stereocenters. The normalized spacial score (nSPS) is 27.7. The van der Waals surface area contributed by atoms with Gasteiger partial charge in [0.2, 0.25) is 0 Å². The van der Waals surface area contributed by atoms with Gasteiger partial charge in [0.25, 0.3) is 0 Å². The predicted molar refractivity (Wildman–Crippen MR) is 77.0 cm³/mol. The third kappa shape index (κ3) is 2.90. The second-order valence-electron chi connectivity index (χ2n) is 5.19. The largest absolute Gasteiger partial charge is 0.373 e. The second-order valence-corrected chi connectivity index (χ2v) is 6.51. The molecule has 1 aliphatic heterocycles. The lowest BCUT2D eigenvalue weighted by Crippen LogP contribution is -2.26. The highest BCUT2D eigenvalue weighted by molar-refractivity contribution is 9.10. The van der Waals surface area contributed by atoms with Crippen LogP contribution in [0.25, 0.3) is 0 Å². The predicted octanol–water partition coefficient (Wildman–Crippen LogP) is 3.93. The maximum Gasteiger partial charge on any atom is 0.0880 e. The smallest absolute Gasteiger partial charge is 0.0880 e. The van der Waals surface area contributed by atoms with Gasteiger partial charge < -0.3 is 10.1 Å². The number of nitrogens with one attached hydrogen (secondary N) is 1. The highest BCUT2D eigenvalue weighted by Crippen LogP contribution is 2.38. The monoisotopic (exact) mass is 329 g/mol. The van der Waals surface area contributed by atoms with E-state index in [9.17, 15) is 0 Å². The van der Waals surface area contributed by atoms with Crippen LogP contribution in [-0.2, 0) is 4.74 Å². The van der Waals surface area contributed by atoms with Crippen molar-refractivity contribution in [2.75, 3.05) is 13.2 Å². The zero-order valence-electron chi connectivity index (χ0n) is 10.2. The number of hydrogen-bond acceptors (Lipinski definition) is 2. The molecule has 1 N–H and O–H groups in total. The van der Waals surface area contributed by atoms with E-state index >= 15 is 0 Å². The molecule has 1 aliphatic carbocycles. The molecule has 2 unspecified atom stereocenters. The van der Waals surface area contributed by atoms with Crippen molar-refractivity contribution in [2.24, 2.45) is 5.92 Å². The Bertz CT molecular complexity index is 436. The zero-order chi connectivity index (χ0) is 12.5. The molecule has 0 spiro atoms. The molecule has 1 aromatic rings. The standard InChI is InChI=1S/C14H17BrClNO/c15-10-1-4-12(13(16)7-10)14-9(5-6-18-14)8-17-11-2-3-11/h1,4,7,9,11,14,17H,2-3,5-6,8H2. The number of ether oxygens (including phenoxy) is 1. The van der Waals surface area contributed by atoms with Crippen molar-refractivity contribution in [3.05, 3.63) is 33.3 Å². The zero-order valence-corrected chi connectivity index (χ0v) is 12.5. The Morgan fingerprint density at radius 3 is 2.89 bits per heavy atom. The molecule has 2 aliphatic rings. The Morgan fingerprint density at radius 1 is 1.33 bits per heavy atom. The van der Waals surface area contributed by atoms with E-state index in [1.54, 1.807) is 0 Å². The molecule has 1 aromatic carbocycles. The van der Waals surface area contributed by atoms with Crippen LogP contribution in [0.15, 0.2) is 22.7 Å². The van der Waals surface area contributed by atoms with Crippen molar-refractivity contribution < 1.29 is 4.74 Å². The van der Waals surface area contributed by atoms with Crippen LogP contribution in [-0.4, -0.2) is 19.2 Å². The summed E-state index contributed by atoms with van der Waals surface area (Å²) in [6.07, 6.45) is 3.93. The molecule has 3 rings (SSSR count). The first kappa shape index (κ1) is 12.9. The third-order valence-electron chi connectivity index (χ3n) is 3.73. The van der Waals surface area contributed by atoms with Crippen LogP contribution in [0.1, 0.15) is 30.9 Å². The summed E-state index contributed by atoms with van der Waals surface area (Å²) in [6.45, 7) is 1.88. The fourth-order valence-electron chi connectivity index (χ4n) is 2.52. The van der Waals surface area contributed by atoms with E-state index in [0.29, 0.717) is 5.92 Å². The number of rotatable bonds is 4. The van der Waals surface area contributed by atoms with Crippen molar-refractivity contribution in [1.82, 2.24) is 5.32 Å². The number of halogens is 2. The first-order chi connectivity index (χ1) is 8.74. The molecule has 1 saturated carbocycles. The molecule has 2 fully saturated rings. The lowest BCUT2D eigenvalue weighted by molar-refractivity contribution is 0.0905. The fourth-order valence-corrected chi connectivity index (χ4v) is 3.31. The molecule has 0 amide bonds. The molecule has 4 heteroatoms. The van der Waals surface area contributed by atoms with E-state index in [1.165, 1.54) is 12.8 Å². The van der Waals surface area contributed by atoms with Crippen LogP contribution in [0.2, 0.25) is 5.02 Å². The van der Waals surface area contributed by atoms with E-state index in [1.807, 2.05) is 12.1 Å². The Hall–Kier alpha value is -0.0900. The van der Waals surface area contributed by atoms with Gasteiger partial charge in [-0.15, -0.1) is 0 Å². The van der Waals surface area contributed by atoms with E-state index in [-0.39, 0.29) is 6.10 Å². The molecule has 1 saturated heterocycles. The number of benzene rings is 1. The summed E-state index contributed by atoms with van der Waals surface area (Å²) in [5, 5.41) is 4.40. The Labute approximate surface area is 121 Å². The van der Waals surface area contributed by atoms with E-state index in [0.717, 1.165) is 40.7 Å². The number of hydrogen-bond donors (Lipinski definition) is 1. The van der Waals surface area contributed by atoms with Gasteiger partial charge in [-0.1, -0.05) is 33.6 Å². The van der Waals surface area contributed by atoms with Crippen LogP contribution in [0.3, 0.4) is 0 Å². The van der Waals surface area contributed by atoms with Crippen molar-refractivity contribution >= 4 is 27.5 Å². The summed E-state index contributed by atoms with van der Waals surface area (Å²) >= 11 is 9.76. The fraction of sp³-hybridized carbons (Fsp3) is 0.571. The Morgan fingerprint density at radius 2 is 2.17 bits per heavy atom. The van der Waals surface area contributed by atoms with Gasteiger partial charge >= 0.3 is 0 Å². The molecule has 18 heavy (non-hydrogen) atoms. The minimum absolute atomic E-state index is 0.150. The summed E-state index contributed by atoms with van der Waals surface area (Å²) in [5.41, 5.74) is 1.12. The Balaban J connectivity index is 1.72. The molecule has 2 nitrogen and oxygen atoms in total. The first-order valence-corrected chi connectivity index (χ1v) is 7.71. The quantitative estimate of drug-likeness (QED) is 0.903. The van der Waals surface area contributed by atoms with Crippen LogP contribution >= 0.6 is 27.5 Å². The average Bonchev–Trinajstić information content (AvgIpc) is 3.06. The molecule has 0 bridgehead atoms. The van der Waals surface area contributed by atoms with Gasteiger partial charge in [0, 0.05) is 34.6 Å². The van der Waals surface area contributed by atoms with Gasteiger partial charge in [-0.25, -0.2) is 0 Å². The molecular weight excluding hydrogens is 314 g/mol. The van der Waals surface area contributed by atoms with E-state index in [2.05, 4.69) is 27.3 Å². The minimum atomic E-state index is 0.150. The molecule has 0 aromatic heterocycles. The molecular formula is C14H17BrClNO. The van der Waals surface area contributed by atoms with Crippen LogP contribution in [0, 0.1) is 5.92 Å². The highest BCUT2D eigenvalue weighted by atomic mass is 79.9. The van der Waals surface area contributed by atoms with Gasteiger partial charge in [-0.2, -0.15) is 0 Å². The van der Waals surface area contributed by atoms with Gasteiger partial charge in [0.15, 0.2) is 0 Å². The minimum Gasteiger partial charge on any atom is -0.373 e.